The lowest BCUT2D eigenvalue weighted by molar-refractivity contribution is -0.175. The molecule has 1 amide bonds. The molecule has 1 saturated carbocycles. The molecule has 0 aromatic heterocycles. The molecule has 0 saturated heterocycles. The Balaban J connectivity index is 2.21. The van der Waals surface area contributed by atoms with Gasteiger partial charge >= 0.3 is 12.1 Å². The van der Waals surface area contributed by atoms with Crippen molar-refractivity contribution in [3.05, 3.63) is 0 Å². The average molecular weight is 217 g/mol. The number of nitrogens with one attached hydrogen (secondary N) is 1. The summed E-state index contributed by atoms with van der Waals surface area (Å²) in [4.78, 5) is 10.2. The number of hydrogen-bond donors (Lipinski definition) is 1. The molecule has 0 radical (unpaired) electrons. The molecule has 2 nitrogen and oxygen atoms in total. The van der Waals surface area contributed by atoms with Crippen molar-refractivity contribution in [2.75, 3.05) is 6.54 Å². The molecule has 0 atom stereocenters. The van der Waals surface area contributed by atoms with Crippen LogP contribution in [0.5, 0.6) is 0 Å². The minimum absolute atomic E-state index is 0.339. The number of rotatable bonds is 2. The highest BCUT2D eigenvalue weighted by molar-refractivity contribution is 5.81. The maximum Gasteiger partial charge on any atom is 0.471 e. The molecule has 1 fully saturated rings. The van der Waals surface area contributed by atoms with Gasteiger partial charge in [-0.2, -0.15) is 13.2 Å². The first-order valence-corrected chi connectivity index (χ1v) is 3.93. The van der Waals surface area contributed by atoms with Gasteiger partial charge in [-0.3, -0.25) is 4.79 Å². The zero-order valence-electron chi connectivity index (χ0n) is 7.00. The van der Waals surface area contributed by atoms with E-state index < -0.39 is 36.8 Å². The lowest BCUT2D eigenvalue weighted by Gasteiger charge is -2.34. The number of carbonyl (C=O) groups is 1. The minimum atomic E-state index is -4.94. The second-order valence-corrected chi connectivity index (χ2v) is 3.34. The van der Waals surface area contributed by atoms with E-state index in [4.69, 9.17) is 0 Å². The maximum absolute atomic E-state index is 12.2. The molecule has 1 aliphatic carbocycles. The molecule has 14 heavy (non-hydrogen) atoms. The van der Waals surface area contributed by atoms with E-state index in [1.165, 1.54) is 0 Å². The molecule has 0 aliphatic heterocycles. The SMILES string of the molecule is O=C(NCC1CC(F)(F)C1)C(F)(F)F. The van der Waals surface area contributed by atoms with Crippen molar-refractivity contribution in [2.45, 2.75) is 24.9 Å². The van der Waals surface area contributed by atoms with Crippen LogP contribution in [0.25, 0.3) is 0 Å². The van der Waals surface area contributed by atoms with E-state index in [9.17, 15) is 26.7 Å². The zero-order valence-corrected chi connectivity index (χ0v) is 7.00. The Morgan fingerprint density at radius 2 is 1.86 bits per heavy atom. The summed E-state index contributed by atoms with van der Waals surface area (Å²) in [5.41, 5.74) is 0. The smallest absolute Gasteiger partial charge is 0.348 e. The molecule has 0 unspecified atom stereocenters. The molecule has 1 rings (SSSR count). The highest BCUT2D eigenvalue weighted by Gasteiger charge is 2.46. The first-order valence-electron chi connectivity index (χ1n) is 3.93. The standard InChI is InChI=1S/C7H8F5NO/c8-6(9)1-4(2-6)3-13-5(14)7(10,11)12/h4H,1-3H2,(H,13,14). The summed E-state index contributed by atoms with van der Waals surface area (Å²) in [7, 11) is 0. The molecule has 7 heteroatoms. The van der Waals surface area contributed by atoms with Gasteiger partial charge in [0, 0.05) is 19.4 Å². The topological polar surface area (TPSA) is 29.1 Å². The minimum Gasteiger partial charge on any atom is -0.348 e. The second-order valence-electron chi connectivity index (χ2n) is 3.34. The van der Waals surface area contributed by atoms with Gasteiger partial charge in [-0.15, -0.1) is 0 Å². The molecule has 0 aromatic rings. The van der Waals surface area contributed by atoms with Crippen LogP contribution in [0.3, 0.4) is 0 Å². The van der Waals surface area contributed by atoms with Gasteiger partial charge in [0.05, 0.1) is 0 Å². The quantitative estimate of drug-likeness (QED) is 0.701. The lowest BCUT2D eigenvalue weighted by atomic mass is 9.81. The van der Waals surface area contributed by atoms with Crippen LogP contribution in [0.15, 0.2) is 0 Å². The maximum atomic E-state index is 12.2. The van der Waals surface area contributed by atoms with Crippen LogP contribution >= 0.6 is 0 Å². The number of amides is 1. The molecular weight excluding hydrogens is 209 g/mol. The highest BCUT2D eigenvalue weighted by atomic mass is 19.4. The number of alkyl halides is 5. The van der Waals surface area contributed by atoms with Crippen molar-refractivity contribution in [1.82, 2.24) is 5.32 Å². The molecule has 1 aliphatic rings. The van der Waals surface area contributed by atoms with Gasteiger partial charge in [-0.25, -0.2) is 8.78 Å². The Bertz CT molecular complexity index is 229. The van der Waals surface area contributed by atoms with Crippen molar-refractivity contribution in [3.8, 4) is 0 Å². The van der Waals surface area contributed by atoms with E-state index >= 15 is 0 Å². The molecule has 0 heterocycles. The van der Waals surface area contributed by atoms with Crippen molar-refractivity contribution < 1.29 is 26.7 Å². The summed E-state index contributed by atoms with van der Waals surface area (Å²) in [5, 5.41) is 1.57. The third-order valence-electron chi connectivity index (χ3n) is 1.98. The van der Waals surface area contributed by atoms with Crippen LogP contribution in [0.1, 0.15) is 12.8 Å². The molecular formula is C7H8F5NO. The van der Waals surface area contributed by atoms with Crippen molar-refractivity contribution in [3.63, 3.8) is 0 Å². The van der Waals surface area contributed by atoms with E-state index in [-0.39, 0.29) is 6.54 Å². The van der Waals surface area contributed by atoms with Crippen LogP contribution < -0.4 is 5.32 Å². The second kappa shape index (κ2) is 3.36. The van der Waals surface area contributed by atoms with E-state index in [0.29, 0.717) is 0 Å². The fourth-order valence-electron chi connectivity index (χ4n) is 1.27. The number of halogens is 5. The monoisotopic (exact) mass is 217 g/mol. The van der Waals surface area contributed by atoms with Gasteiger partial charge in [0.1, 0.15) is 0 Å². The summed E-state index contributed by atoms with van der Waals surface area (Å²) in [5.74, 6) is -5.39. The Morgan fingerprint density at radius 3 is 2.21 bits per heavy atom. The van der Waals surface area contributed by atoms with Crippen LogP contribution in [0.4, 0.5) is 22.0 Å². The van der Waals surface area contributed by atoms with E-state index in [1.807, 2.05) is 0 Å². The van der Waals surface area contributed by atoms with Gasteiger partial charge < -0.3 is 5.32 Å². The van der Waals surface area contributed by atoms with Crippen molar-refractivity contribution in [2.24, 2.45) is 5.92 Å². The van der Waals surface area contributed by atoms with Crippen molar-refractivity contribution in [1.29, 1.82) is 0 Å². The van der Waals surface area contributed by atoms with Gasteiger partial charge in [-0.05, 0) is 5.92 Å². The Labute approximate surface area is 76.5 Å². The van der Waals surface area contributed by atoms with E-state index in [2.05, 4.69) is 0 Å². The van der Waals surface area contributed by atoms with Crippen LogP contribution in [0.2, 0.25) is 0 Å². The van der Waals surface area contributed by atoms with Crippen molar-refractivity contribution >= 4 is 5.91 Å². The van der Waals surface area contributed by atoms with Gasteiger partial charge in [-0.1, -0.05) is 0 Å². The zero-order chi connectivity index (χ0) is 11.0. The predicted molar refractivity (Wildman–Crippen MR) is 36.7 cm³/mol. The lowest BCUT2D eigenvalue weighted by Crippen LogP contribution is -2.45. The average Bonchev–Trinajstić information content (AvgIpc) is 1.93. The molecule has 0 bridgehead atoms. The number of carbonyl (C=O) groups excluding carboxylic acids is 1. The number of hydrogen-bond acceptors (Lipinski definition) is 1. The summed E-state index contributed by atoms with van der Waals surface area (Å²) < 4.78 is 59.3. The Morgan fingerprint density at radius 1 is 1.36 bits per heavy atom. The van der Waals surface area contributed by atoms with E-state index in [0.717, 1.165) is 0 Å². The first-order chi connectivity index (χ1) is 6.21. The fraction of sp³-hybridized carbons (Fsp3) is 0.857. The van der Waals surface area contributed by atoms with Gasteiger partial charge in [0.2, 0.25) is 5.92 Å². The Kier molecular flexibility index (Phi) is 2.69. The molecule has 0 spiro atoms. The fourth-order valence-corrected chi connectivity index (χ4v) is 1.27. The normalized spacial score (nSPS) is 21.5. The van der Waals surface area contributed by atoms with Gasteiger partial charge in [0.15, 0.2) is 0 Å². The third-order valence-corrected chi connectivity index (χ3v) is 1.98. The van der Waals surface area contributed by atoms with Crippen LogP contribution in [-0.4, -0.2) is 24.6 Å². The highest BCUT2D eigenvalue weighted by Crippen LogP contribution is 2.41. The largest absolute Gasteiger partial charge is 0.471 e. The molecule has 82 valence electrons. The van der Waals surface area contributed by atoms with Crippen LogP contribution in [0, 0.1) is 5.92 Å². The Hall–Kier alpha value is -0.880. The summed E-state index contributed by atoms with van der Waals surface area (Å²) in [6, 6.07) is 0. The van der Waals surface area contributed by atoms with Crippen LogP contribution in [-0.2, 0) is 4.79 Å². The molecule has 0 aromatic carbocycles. The van der Waals surface area contributed by atoms with E-state index in [1.54, 1.807) is 5.32 Å². The predicted octanol–water partition coefficient (Wildman–Crippen LogP) is 1.71. The first kappa shape index (κ1) is 11.2. The third kappa shape index (κ3) is 2.81. The summed E-state index contributed by atoms with van der Waals surface area (Å²) in [6.45, 7) is -0.339. The van der Waals surface area contributed by atoms with Gasteiger partial charge in [0.25, 0.3) is 0 Å². The molecule has 1 N–H and O–H groups in total. The summed E-state index contributed by atoms with van der Waals surface area (Å²) in [6.07, 6.45) is -5.84. The summed E-state index contributed by atoms with van der Waals surface area (Å²) >= 11 is 0.